The molecule has 0 saturated heterocycles. The van der Waals surface area contributed by atoms with E-state index < -0.39 is 0 Å². The molecule has 0 bridgehead atoms. The third-order valence-electron chi connectivity index (χ3n) is 3.62. The van der Waals surface area contributed by atoms with E-state index in [1.165, 1.54) is 6.42 Å². The van der Waals surface area contributed by atoms with Gasteiger partial charge in [0.15, 0.2) is 5.96 Å². The fourth-order valence-corrected chi connectivity index (χ4v) is 2.27. The summed E-state index contributed by atoms with van der Waals surface area (Å²) in [7, 11) is 0. The molecule has 0 fully saturated rings. The van der Waals surface area contributed by atoms with Gasteiger partial charge in [0.05, 0.1) is 6.54 Å². The van der Waals surface area contributed by atoms with Crippen molar-refractivity contribution in [3.63, 3.8) is 0 Å². The molecular weight excluding hydrogens is 405 g/mol. The minimum absolute atomic E-state index is 0. The normalized spacial score (nSPS) is 12.8. The van der Waals surface area contributed by atoms with Gasteiger partial charge in [0, 0.05) is 18.7 Å². The van der Waals surface area contributed by atoms with E-state index in [4.69, 9.17) is 4.52 Å². The molecule has 1 aromatic rings. The van der Waals surface area contributed by atoms with Gasteiger partial charge in [-0.1, -0.05) is 19.0 Å². The number of halogens is 1. The molecular formula is C16H32IN5O. The minimum Gasteiger partial charge on any atom is -0.364 e. The highest BCUT2D eigenvalue weighted by Gasteiger charge is 2.07. The second kappa shape index (κ2) is 13.6. The summed E-state index contributed by atoms with van der Waals surface area (Å²) in [6.45, 7) is 13.5. The predicted molar refractivity (Wildman–Crippen MR) is 106 cm³/mol. The summed E-state index contributed by atoms with van der Waals surface area (Å²) in [5.41, 5.74) is 0.839. The molecule has 0 radical (unpaired) electrons. The summed E-state index contributed by atoms with van der Waals surface area (Å²) in [4.78, 5) is 6.99. The van der Waals surface area contributed by atoms with Crippen LogP contribution in [0.4, 0.5) is 0 Å². The van der Waals surface area contributed by atoms with E-state index in [0.29, 0.717) is 12.6 Å². The smallest absolute Gasteiger partial charge is 0.191 e. The van der Waals surface area contributed by atoms with Crippen molar-refractivity contribution in [3.8, 4) is 0 Å². The summed E-state index contributed by atoms with van der Waals surface area (Å²) in [5.74, 6) is 0.834. The topological polar surface area (TPSA) is 65.7 Å². The van der Waals surface area contributed by atoms with Crippen molar-refractivity contribution >= 4 is 29.9 Å². The van der Waals surface area contributed by atoms with Crippen LogP contribution in [0.15, 0.2) is 21.8 Å². The Bertz CT molecular complexity index is 407. The van der Waals surface area contributed by atoms with Crippen molar-refractivity contribution in [1.82, 2.24) is 20.7 Å². The van der Waals surface area contributed by atoms with Crippen LogP contribution in [-0.2, 0) is 6.54 Å². The van der Waals surface area contributed by atoms with Crippen molar-refractivity contribution < 1.29 is 4.52 Å². The molecule has 134 valence electrons. The maximum Gasteiger partial charge on any atom is 0.191 e. The quantitative estimate of drug-likeness (QED) is 0.335. The second-order valence-electron chi connectivity index (χ2n) is 5.40. The number of guanidine groups is 1. The van der Waals surface area contributed by atoms with E-state index in [0.717, 1.165) is 44.3 Å². The molecule has 2 N–H and O–H groups in total. The Labute approximate surface area is 157 Å². The fraction of sp³-hybridized carbons (Fsp3) is 0.750. The van der Waals surface area contributed by atoms with Crippen molar-refractivity contribution in [2.24, 2.45) is 4.99 Å². The number of nitrogens with zero attached hydrogens (tertiary/aromatic N) is 3. The lowest BCUT2D eigenvalue weighted by Gasteiger charge is -2.21. The average Bonchev–Trinajstić information content (AvgIpc) is 3.03. The lowest BCUT2D eigenvalue weighted by atomic mass is 10.2. The Kier molecular flexibility index (Phi) is 13.1. The molecule has 0 aromatic carbocycles. The molecule has 23 heavy (non-hydrogen) atoms. The Morgan fingerprint density at radius 1 is 1.35 bits per heavy atom. The first-order valence-corrected chi connectivity index (χ1v) is 8.36. The Morgan fingerprint density at radius 2 is 2.09 bits per heavy atom. The molecule has 0 saturated carbocycles. The second-order valence-corrected chi connectivity index (χ2v) is 5.40. The lowest BCUT2D eigenvalue weighted by molar-refractivity contribution is 0.292. The Morgan fingerprint density at radius 3 is 2.65 bits per heavy atom. The Balaban J connectivity index is 0.00000484. The molecule has 0 amide bonds. The van der Waals surface area contributed by atoms with Crippen LogP contribution < -0.4 is 10.6 Å². The molecule has 6 nitrogen and oxygen atoms in total. The summed E-state index contributed by atoms with van der Waals surface area (Å²) in [5, 5.41) is 10.6. The van der Waals surface area contributed by atoms with Crippen LogP contribution in [0.5, 0.6) is 0 Å². The number of rotatable bonds is 10. The van der Waals surface area contributed by atoms with Gasteiger partial charge in [0.2, 0.25) is 0 Å². The van der Waals surface area contributed by atoms with Gasteiger partial charge >= 0.3 is 0 Å². The van der Waals surface area contributed by atoms with Crippen molar-refractivity contribution in [1.29, 1.82) is 0 Å². The van der Waals surface area contributed by atoms with E-state index >= 15 is 0 Å². The van der Waals surface area contributed by atoms with Gasteiger partial charge in [-0.05, 0) is 46.3 Å². The van der Waals surface area contributed by atoms with Gasteiger partial charge in [-0.3, -0.25) is 0 Å². The van der Waals surface area contributed by atoms with Gasteiger partial charge in [0.1, 0.15) is 12.0 Å². The Hall–Kier alpha value is -0.830. The summed E-state index contributed by atoms with van der Waals surface area (Å²) in [6.07, 6.45) is 3.89. The first-order valence-electron chi connectivity index (χ1n) is 8.36. The first-order chi connectivity index (χ1) is 10.7. The SMILES string of the molecule is CCNC(=NCc1ccon1)NC(C)CCCN(CC)CC.I. The van der Waals surface area contributed by atoms with E-state index in [9.17, 15) is 0 Å². The van der Waals surface area contributed by atoms with Crippen LogP contribution in [0, 0.1) is 0 Å². The zero-order valence-corrected chi connectivity index (χ0v) is 17.2. The van der Waals surface area contributed by atoms with Crippen molar-refractivity contribution in [2.45, 2.75) is 53.1 Å². The van der Waals surface area contributed by atoms with Crippen LogP contribution in [0.1, 0.15) is 46.2 Å². The van der Waals surface area contributed by atoms with Gasteiger partial charge in [0.25, 0.3) is 0 Å². The van der Waals surface area contributed by atoms with Gasteiger partial charge in [-0.25, -0.2) is 4.99 Å². The number of aliphatic imine (C=N–C) groups is 1. The van der Waals surface area contributed by atoms with Gasteiger partial charge < -0.3 is 20.1 Å². The highest BCUT2D eigenvalue weighted by molar-refractivity contribution is 14.0. The van der Waals surface area contributed by atoms with Crippen molar-refractivity contribution in [3.05, 3.63) is 18.0 Å². The molecule has 1 heterocycles. The zero-order valence-electron chi connectivity index (χ0n) is 14.8. The molecule has 1 aromatic heterocycles. The third kappa shape index (κ3) is 9.80. The molecule has 1 atom stereocenters. The number of aromatic nitrogens is 1. The van der Waals surface area contributed by atoms with Crippen LogP contribution in [-0.4, -0.2) is 48.2 Å². The molecule has 0 aliphatic rings. The van der Waals surface area contributed by atoms with Gasteiger partial charge in [-0.2, -0.15) is 0 Å². The molecule has 1 rings (SSSR count). The highest BCUT2D eigenvalue weighted by atomic mass is 127. The molecule has 0 aliphatic carbocycles. The number of hydrogen-bond donors (Lipinski definition) is 2. The van der Waals surface area contributed by atoms with Crippen LogP contribution >= 0.6 is 24.0 Å². The van der Waals surface area contributed by atoms with E-state index in [2.05, 4.69) is 53.4 Å². The van der Waals surface area contributed by atoms with Crippen molar-refractivity contribution in [2.75, 3.05) is 26.2 Å². The largest absolute Gasteiger partial charge is 0.364 e. The van der Waals surface area contributed by atoms with E-state index in [1.54, 1.807) is 6.26 Å². The maximum absolute atomic E-state index is 4.82. The summed E-state index contributed by atoms with van der Waals surface area (Å²) >= 11 is 0. The zero-order chi connectivity index (χ0) is 16.2. The molecule has 0 spiro atoms. The predicted octanol–water partition coefficient (Wildman–Crippen LogP) is 2.86. The van der Waals surface area contributed by atoms with Crippen LogP contribution in [0.2, 0.25) is 0 Å². The maximum atomic E-state index is 4.82. The van der Waals surface area contributed by atoms with E-state index in [-0.39, 0.29) is 24.0 Å². The van der Waals surface area contributed by atoms with Crippen LogP contribution in [0.3, 0.4) is 0 Å². The number of nitrogens with one attached hydrogen (secondary N) is 2. The fourth-order valence-electron chi connectivity index (χ4n) is 2.27. The lowest BCUT2D eigenvalue weighted by Crippen LogP contribution is -2.42. The standard InChI is InChI=1S/C16H31N5O.HI/c1-5-17-16(18-13-15-10-12-22-20-15)19-14(4)9-8-11-21(6-2)7-3;/h10,12,14H,5-9,11,13H2,1-4H3,(H2,17,18,19);1H. The van der Waals surface area contributed by atoms with Crippen LogP contribution in [0.25, 0.3) is 0 Å². The molecule has 0 aliphatic heterocycles. The van der Waals surface area contributed by atoms with Gasteiger partial charge in [-0.15, -0.1) is 24.0 Å². The summed E-state index contributed by atoms with van der Waals surface area (Å²) in [6, 6.07) is 2.23. The molecule has 7 heteroatoms. The highest BCUT2D eigenvalue weighted by Crippen LogP contribution is 2.01. The third-order valence-corrected chi connectivity index (χ3v) is 3.62. The monoisotopic (exact) mass is 437 g/mol. The number of hydrogen-bond acceptors (Lipinski definition) is 4. The average molecular weight is 437 g/mol. The van der Waals surface area contributed by atoms with E-state index in [1.807, 2.05) is 6.07 Å². The molecule has 1 unspecified atom stereocenters. The summed E-state index contributed by atoms with van der Waals surface area (Å²) < 4.78 is 4.82. The first kappa shape index (κ1) is 22.2. The minimum atomic E-state index is 0.